The highest BCUT2D eigenvalue weighted by Gasteiger charge is 2.15. The van der Waals surface area contributed by atoms with E-state index in [2.05, 4.69) is 36.2 Å². The van der Waals surface area contributed by atoms with Gasteiger partial charge in [-0.1, -0.05) is 6.58 Å². The zero-order chi connectivity index (χ0) is 17.7. The van der Waals surface area contributed by atoms with E-state index in [1.165, 1.54) is 35.4 Å². The number of nitrogens with one attached hydrogen (secondary N) is 2. The minimum atomic E-state index is -0.750. The fraction of sp³-hybridized carbons (Fsp3) is 0.500. The second kappa shape index (κ2) is 12.0. The molecule has 128 valence electrons. The molecule has 0 aliphatic heterocycles. The minimum Gasteiger partial charge on any atom is -0.467 e. The van der Waals surface area contributed by atoms with Crippen molar-refractivity contribution in [2.45, 2.75) is 13.0 Å². The molecule has 0 aliphatic carbocycles. The van der Waals surface area contributed by atoms with Crippen molar-refractivity contribution >= 4 is 24.1 Å². The summed E-state index contributed by atoms with van der Waals surface area (Å²) in [6, 6.07) is -0.674. The molecule has 10 heteroatoms. The molecule has 0 saturated heterocycles. The summed E-state index contributed by atoms with van der Waals surface area (Å²) in [5.41, 5.74) is -0.153. The highest BCUT2D eigenvalue weighted by Crippen LogP contribution is 1.88. The topological polar surface area (TPSA) is 129 Å². The Hall–Kier alpha value is -2.78. The molecule has 0 aromatic heterocycles. The Balaban J connectivity index is -0.000000333. The number of carbonyl (C=O) groups excluding carboxylic acids is 4. The molecule has 2 amide bonds. The summed E-state index contributed by atoms with van der Waals surface area (Å²) in [5, 5.41) is 4.29. The first kappa shape index (κ1) is 21.5. The van der Waals surface area contributed by atoms with Gasteiger partial charge in [-0.2, -0.15) is 0 Å². The fourth-order valence-corrected chi connectivity index (χ4v) is 0.820. The number of alkyl carbamates (subject to hydrolysis) is 2. The SMILES string of the molecule is C=C(NC(=O)OC)C(=O)OC.COC(=O)NC(C)C(=O)OC.[HH]. The Bertz CT molecular complexity index is 427. The Labute approximate surface area is 129 Å². The summed E-state index contributed by atoms with van der Waals surface area (Å²) in [7, 11) is 4.84. The van der Waals surface area contributed by atoms with Crippen molar-refractivity contribution in [3.05, 3.63) is 12.3 Å². The lowest BCUT2D eigenvalue weighted by atomic mass is 10.3. The molecular weight excluding hydrogens is 300 g/mol. The monoisotopic (exact) mass is 322 g/mol. The summed E-state index contributed by atoms with van der Waals surface area (Å²) in [5.74, 6) is -1.20. The molecule has 0 heterocycles. The molecule has 0 bridgehead atoms. The molecule has 0 radical (unpaired) electrons. The second-order valence-electron chi connectivity index (χ2n) is 3.47. The van der Waals surface area contributed by atoms with Crippen LogP contribution in [0, 0.1) is 0 Å². The van der Waals surface area contributed by atoms with Gasteiger partial charge in [-0.3, -0.25) is 5.32 Å². The Kier molecular flexibility index (Phi) is 11.7. The Morgan fingerprint density at radius 1 is 0.909 bits per heavy atom. The van der Waals surface area contributed by atoms with E-state index in [-0.39, 0.29) is 7.12 Å². The van der Waals surface area contributed by atoms with Gasteiger partial charge in [-0.25, -0.2) is 19.2 Å². The van der Waals surface area contributed by atoms with Crippen LogP contribution in [0.2, 0.25) is 0 Å². The number of methoxy groups -OCH3 is 4. The fourth-order valence-electron chi connectivity index (χ4n) is 0.820. The van der Waals surface area contributed by atoms with E-state index in [0.29, 0.717) is 0 Å². The molecule has 0 fully saturated rings. The van der Waals surface area contributed by atoms with Crippen molar-refractivity contribution < 1.29 is 39.6 Å². The maximum atomic E-state index is 10.7. The third kappa shape index (κ3) is 10.1. The van der Waals surface area contributed by atoms with Gasteiger partial charge < -0.3 is 24.3 Å². The van der Waals surface area contributed by atoms with E-state index in [9.17, 15) is 19.2 Å². The number of rotatable bonds is 4. The zero-order valence-corrected chi connectivity index (χ0v) is 13.1. The number of carbonyl (C=O) groups is 4. The van der Waals surface area contributed by atoms with Gasteiger partial charge >= 0.3 is 24.1 Å². The van der Waals surface area contributed by atoms with Gasteiger partial charge in [-0.05, 0) is 6.92 Å². The number of ether oxygens (including phenoxy) is 4. The van der Waals surface area contributed by atoms with Crippen LogP contribution in [0.3, 0.4) is 0 Å². The van der Waals surface area contributed by atoms with Crippen LogP contribution in [-0.4, -0.2) is 58.6 Å². The molecular formula is C12H22N2O8. The van der Waals surface area contributed by atoms with Gasteiger partial charge in [0.2, 0.25) is 0 Å². The molecule has 1 atom stereocenters. The standard InChI is InChI=1S/C6H11NO4.C6H9NO4.H2/c2*1-4(5(8)10-2)7-6(9)11-3;/h4H,1-3H3,(H,7,9);1H2,2-3H3,(H,7,9);1H. The number of hydrogen-bond acceptors (Lipinski definition) is 8. The Morgan fingerprint density at radius 3 is 1.77 bits per heavy atom. The normalized spacial score (nSPS) is 9.86. The number of amides is 2. The van der Waals surface area contributed by atoms with E-state index in [1.807, 2.05) is 0 Å². The lowest BCUT2D eigenvalue weighted by Gasteiger charge is -2.09. The first-order valence-electron chi connectivity index (χ1n) is 5.77. The summed E-state index contributed by atoms with van der Waals surface area (Å²) in [6.45, 7) is 4.73. The summed E-state index contributed by atoms with van der Waals surface area (Å²) in [6.07, 6.45) is -1.40. The van der Waals surface area contributed by atoms with Gasteiger partial charge in [-0.15, -0.1) is 0 Å². The molecule has 0 spiro atoms. The van der Waals surface area contributed by atoms with Gasteiger partial charge in [0.15, 0.2) is 0 Å². The van der Waals surface area contributed by atoms with Crippen molar-refractivity contribution in [2.75, 3.05) is 28.4 Å². The van der Waals surface area contributed by atoms with E-state index < -0.39 is 30.2 Å². The molecule has 0 aromatic rings. The van der Waals surface area contributed by atoms with Crippen LogP contribution in [0.4, 0.5) is 9.59 Å². The van der Waals surface area contributed by atoms with Crippen LogP contribution in [0.25, 0.3) is 0 Å². The van der Waals surface area contributed by atoms with E-state index in [1.54, 1.807) is 0 Å². The highest BCUT2D eigenvalue weighted by atomic mass is 16.5. The summed E-state index contributed by atoms with van der Waals surface area (Å²) >= 11 is 0. The number of esters is 2. The number of hydrogen-bond donors (Lipinski definition) is 2. The van der Waals surface area contributed by atoms with E-state index >= 15 is 0 Å². The average molecular weight is 322 g/mol. The lowest BCUT2D eigenvalue weighted by molar-refractivity contribution is -0.142. The van der Waals surface area contributed by atoms with Crippen LogP contribution in [0.1, 0.15) is 8.35 Å². The van der Waals surface area contributed by atoms with Crippen LogP contribution >= 0.6 is 0 Å². The van der Waals surface area contributed by atoms with Crippen LogP contribution < -0.4 is 10.6 Å². The molecule has 0 saturated carbocycles. The molecule has 0 aromatic carbocycles. The third-order valence-electron chi connectivity index (χ3n) is 1.94. The smallest absolute Gasteiger partial charge is 0.411 e. The van der Waals surface area contributed by atoms with Crippen LogP contribution in [-0.2, 0) is 28.5 Å². The predicted molar refractivity (Wildman–Crippen MR) is 75.8 cm³/mol. The van der Waals surface area contributed by atoms with Crippen molar-refractivity contribution in [1.82, 2.24) is 10.6 Å². The summed E-state index contributed by atoms with van der Waals surface area (Å²) in [4.78, 5) is 42.2. The van der Waals surface area contributed by atoms with E-state index in [4.69, 9.17) is 0 Å². The van der Waals surface area contributed by atoms with Crippen molar-refractivity contribution in [3.8, 4) is 0 Å². The quantitative estimate of drug-likeness (QED) is 0.426. The highest BCUT2D eigenvalue weighted by molar-refractivity contribution is 5.91. The molecule has 1 unspecified atom stereocenters. The van der Waals surface area contributed by atoms with Crippen LogP contribution in [0.5, 0.6) is 0 Å². The average Bonchev–Trinajstić information content (AvgIpc) is 2.52. The first-order chi connectivity index (χ1) is 10.2. The molecule has 0 aliphatic rings. The summed E-state index contributed by atoms with van der Waals surface area (Å²) < 4.78 is 17.1. The molecule has 10 nitrogen and oxygen atoms in total. The van der Waals surface area contributed by atoms with Crippen molar-refractivity contribution in [1.29, 1.82) is 0 Å². The van der Waals surface area contributed by atoms with Crippen molar-refractivity contribution in [2.24, 2.45) is 0 Å². The Morgan fingerprint density at radius 2 is 1.41 bits per heavy atom. The maximum Gasteiger partial charge on any atom is 0.411 e. The zero-order valence-electron chi connectivity index (χ0n) is 13.1. The van der Waals surface area contributed by atoms with Gasteiger partial charge in [0.05, 0.1) is 28.4 Å². The molecule has 0 rings (SSSR count). The van der Waals surface area contributed by atoms with Gasteiger partial charge in [0.25, 0.3) is 0 Å². The largest absolute Gasteiger partial charge is 0.467 e. The molecule has 2 N–H and O–H groups in total. The van der Waals surface area contributed by atoms with Crippen LogP contribution in [0.15, 0.2) is 12.3 Å². The predicted octanol–water partition coefficient (Wildman–Crippen LogP) is 0.179. The van der Waals surface area contributed by atoms with E-state index in [0.717, 1.165) is 0 Å². The maximum absolute atomic E-state index is 10.7. The molecule has 22 heavy (non-hydrogen) atoms. The van der Waals surface area contributed by atoms with Gasteiger partial charge in [0.1, 0.15) is 11.7 Å². The third-order valence-corrected chi connectivity index (χ3v) is 1.94. The van der Waals surface area contributed by atoms with Gasteiger partial charge in [0, 0.05) is 1.43 Å². The second-order valence-corrected chi connectivity index (χ2v) is 3.47. The first-order valence-corrected chi connectivity index (χ1v) is 5.77. The van der Waals surface area contributed by atoms with Crippen molar-refractivity contribution in [3.63, 3.8) is 0 Å². The lowest BCUT2D eigenvalue weighted by Crippen LogP contribution is -2.38. The minimum absolute atomic E-state index is 0.